The zero-order chi connectivity index (χ0) is 16.8. The Hall–Kier alpha value is -1.59. The van der Waals surface area contributed by atoms with Crippen LogP contribution in [-0.4, -0.2) is 46.9 Å². The van der Waals surface area contributed by atoms with Gasteiger partial charge in [-0.05, 0) is 44.4 Å². The summed E-state index contributed by atoms with van der Waals surface area (Å²) in [5.41, 5.74) is 0. The molecule has 130 valence electrons. The minimum Gasteiger partial charge on any atom is -0.481 e. The topological polar surface area (TPSA) is 86.7 Å². The summed E-state index contributed by atoms with van der Waals surface area (Å²) in [6, 6.07) is 0.312. The van der Waals surface area contributed by atoms with Crippen molar-refractivity contribution < 1.29 is 19.5 Å². The summed E-state index contributed by atoms with van der Waals surface area (Å²) in [5.74, 6) is -0.277. The molecule has 0 aromatic heterocycles. The van der Waals surface area contributed by atoms with E-state index in [0.717, 1.165) is 31.6 Å². The number of nitrogens with zero attached hydrogens (tertiary/aromatic N) is 1. The molecule has 0 radical (unpaired) electrons. The maximum atomic E-state index is 12.2. The number of hydrogen-bond acceptors (Lipinski definition) is 3. The summed E-state index contributed by atoms with van der Waals surface area (Å²) in [7, 11) is 0. The van der Waals surface area contributed by atoms with Gasteiger partial charge in [-0.1, -0.05) is 6.92 Å². The molecule has 0 bridgehead atoms. The number of carboxylic acid groups (broad SMARTS) is 1. The van der Waals surface area contributed by atoms with Crippen LogP contribution in [0.25, 0.3) is 0 Å². The average molecular weight is 324 g/mol. The summed E-state index contributed by atoms with van der Waals surface area (Å²) in [4.78, 5) is 36.7. The highest BCUT2D eigenvalue weighted by Gasteiger charge is 2.38. The number of rotatable bonds is 7. The Morgan fingerprint density at radius 1 is 1.22 bits per heavy atom. The lowest BCUT2D eigenvalue weighted by molar-refractivity contribution is -0.137. The molecule has 0 aromatic rings. The predicted octanol–water partition coefficient (Wildman–Crippen LogP) is 1.78. The first-order chi connectivity index (χ1) is 11.0. The number of carbonyl (C=O) groups excluding carboxylic acids is 2. The summed E-state index contributed by atoms with van der Waals surface area (Å²) in [6.45, 7) is 3.28. The lowest BCUT2D eigenvalue weighted by atomic mass is 9.87. The van der Waals surface area contributed by atoms with Crippen LogP contribution in [0.2, 0.25) is 0 Å². The van der Waals surface area contributed by atoms with Crippen molar-refractivity contribution in [3.8, 4) is 0 Å². The van der Waals surface area contributed by atoms with Crippen molar-refractivity contribution in [2.45, 2.75) is 64.3 Å². The fraction of sp³-hybridized carbons (Fsp3) is 0.824. The van der Waals surface area contributed by atoms with Gasteiger partial charge in [0.25, 0.3) is 0 Å². The molecule has 6 heteroatoms. The number of likely N-dealkylation sites (tertiary alicyclic amines) is 1. The summed E-state index contributed by atoms with van der Waals surface area (Å²) in [6.07, 6.45) is 6.09. The smallest absolute Gasteiger partial charge is 0.303 e. The minimum atomic E-state index is -0.810. The fourth-order valence-electron chi connectivity index (χ4n) is 3.57. The van der Waals surface area contributed by atoms with E-state index < -0.39 is 5.97 Å². The van der Waals surface area contributed by atoms with Crippen molar-refractivity contribution in [3.63, 3.8) is 0 Å². The Labute approximate surface area is 137 Å². The quantitative estimate of drug-likeness (QED) is 0.699. The fourth-order valence-corrected chi connectivity index (χ4v) is 3.57. The second kappa shape index (κ2) is 8.31. The van der Waals surface area contributed by atoms with Crippen molar-refractivity contribution in [1.82, 2.24) is 10.2 Å². The van der Waals surface area contributed by atoms with E-state index >= 15 is 0 Å². The molecule has 1 heterocycles. The summed E-state index contributed by atoms with van der Waals surface area (Å²) >= 11 is 0. The number of carbonyl (C=O) groups is 3. The van der Waals surface area contributed by atoms with Crippen LogP contribution in [0.4, 0.5) is 0 Å². The van der Waals surface area contributed by atoms with Crippen LogP contribution in [0.3, 0.4) is 0 Å². The Morgan fingerprint density at radius 2 is 1.91 bits per heavy atom. The molecule has 0 spiro atoms. The van der Waals surface area contributed by atoms with Gasteiger partial charge in [-0.15, -0.1) is 0 Å². The third-order valence-electron chi connectivity index (χ3n) is 5.07. The van der Waals surface area contributed by atoms with Gasteiger partial charge >= 0.3 is 5.97 Å². The van der Waals surface area contributed by atoms with Crippen molar-refractivity contribution in [1.29, 1.82) is 0 Å². The van der Waals surface area contributed by atoms with Crippen LogP contribution < -0.4 is 5.32 Å². The van der Waals surface area contributed by atoms with Gasteiger partial charge in [0.05, 0.1) is 5.92 Å². The molecule has 1 aliphatic carbocycles. The molecule has 2 rings (SSSR count). The molecule has 2 amide bonds. The Kier molecular flexibility index (Phi) is 6.42. The van der Waals surface area contributed by atoms with Crippen molar-refractivity contribution >= 4 is 17.8 Å². The third kappa shape index (κ3) is 5.22. The van der Waals surface area contributed by atoms with Crippen molar-refractivity contribution in [3.05, 3.63) is 0 Å². The maximum absolute atomic E-state index is 12.2. The largest absolute Gasteiger partial charge is 0.481 e. The Morgan fingerprint density at radius 3 is 2.57 bits per heavy atom. The Balaban J connectivity index is 1.71. The number of carboxylic acids is 1. The van der Waals surface area contributed by atoms with Gasteiger partial charge in [0.1, 0.15) is 0 Å². The average Bonchev–Trinajstić information content (AvgIpc) is 2.89. The highest BCUT2D eigenvalue weighted by atomic mass is 16.4. The molecule has 1 saturated heterocycles. The van der Waals surface area contributed by atoms with Crippen molar-refractivity contribution in [2.75, 3.05) is 13.1 Å². The van der Waals surface area contributed by atoms with Crippen molar-refractivity contribution in [2.24, 2.45) is 11.8 Å². The monoisotopic (exact) mass is 324 g/mol. The van der Waals surface area contributed by atoms with Crippen LogP contribution >= 0.6 is 0 Å². The number of aliphatic carboxylic acids is 1. The molecule has 2 N–H and O–H groups in total. The maximum Gasteiger partial charge on any atom is 0.303 e. The molecule has 1 aliphatic heterocycles. The molecule has 0 aromatic carbocycles. The summed E-state index contributed by atoms with van der Waals surface area (Å²) in [5, 5.41) is 11.4. The van der Waals surface area contributed by atoms with E-state index in [0.29, 0.717) is 38.4 Å². The highest BCUT2D eigenvalue weighted by Crippen LogP contribution is 2.31. The molecule has 1 atom stereocenters. The van der Waals surface area contributed by atoms with Crippen LogP contribution in [0.1, 0.15) is 58.3 Å². The molecular weight excluding hydrogens is 296 g/mol. The van der Waals surface area contributed by atoms with Gasteiger partial charge in [0.15, 0.2) is 0 Å². The standard InChI is InChI=1S/C17H28N2O4/c1-12-5-7-14(8-6-12)19-11-13(10-15(19)20)17(23)18-9-3-2-4-16(21)22/h12-14H,2-11H2,1H3,(H,18,23)(H,21,22)/t12?,13-,14?/m1/s1. The van der Waals surface area contributed by atoms with Gasteiger partial charge in [0.2, 0.25) is 11.8 Å². The predicted molar refractivity (Wildman–Crippen MR) is 85.7 cm³/mol. The number of hydrogen-bond donors (Lipinski definition) is 2. The second-order valence-corrected chi connectivity index (χ2v) is 7.00. The molecule has 6 nitrogen and oxygen atoms in total. The van der Waals surface area contributed by atoms with E-state index in [4.69, 9.17) is 5.11 Å². The molecule has 2 aliphatic rings. The van der Waals surface area contributed by atoms with Crippen LogP contribution in [0.5, 0.6) is 0 Å². The zero-order valence-electron chi connectivity index (χ0n) is 13.9. The normalized spacial score (nSPS) is 28.0. The first kappa shape index (κ1) is 17.8. The van der Waals surface area contributed by atoms with E-state index in [9.17, 15) is 14.4 Å². The van der Waals surface area contributed by atoms with E-state index in [1.165, 1.54) is 0 Å². The molecule has 2 fully saturated rings. The second-order valence-electron chi connectivity index (χ2n) is 7.00. The van der Waals surface area contributed by atoms with Gasteiger partial charge < -0.3 is 15.3 Å². The summed E-state index contributed by atoms with van der Waals surface area (Å²) < 4.78 is 0. The van der Waals surface area contributed by atoms with Crippen LogP contribution in [-0.2, 0) is 14.4 Å². The van der Waals surface area contributed by atoms with E-state index in [1.807, 2.05) is 4.90 Å². The number of unbranched alkanes of at least 4 members (excludes halogenated alkanes) is 1. The van der Waals surface area contributed by atoms with Crippen LogP contribution in [0.15, 0.2) is 0 Å². The van der Waals surface area contributed by atoms with E-state index in [1.54, 1.807) is 0 Å². The molecule has 23 heavy (non-hydrogen) atoms. The van der Waals surface area contributed by atoms with E-state index in [-0.39, 0.29) is 24.2 Å². The van der Waals surface area contributed by atoms with Crippen LogP contribution in [0, 0.1) is 11.8 Å². The Bertz CT molecular complexity index is 444. The minimum absolute atomic E-state index is 0.0691. The molecule has 1 saturated carbocycles. The van der Waals surface area contributed by atoms with Gasteiger partial charge in [-0.25, -0.2) is 0 Å². The van der Waals surface area contributed by atoms with Gasteiger partial charge in [0, 0.05) is 32.0 Å². The van der Waals surface area contributed by atoms with E-state index in [2.05, 4.69) is 12.2 Å². The SMILES string of the molecule is CC1CCC(N2C[C@H](C(=O)NCCCCC(=O)O)CC2=O)CC1. The lowest BCUT2D eigenvalue weighted by Gasteiger charge is -2.33. The lowest BCUT2D eigenvalue weighted by Crippen LogP contribution is -2.40. The number of nitrogens with one attached hydrogen (secondary N) is 1. The molecular formula is C17H28N2O4. The number of amides is 2. The highest BCUT2D eigenvalue weighted by molar-refractivity contribution is 5.89. The third-order valence-corrected chi connectivity index (χ3v) is 5.07. The first-order valence-electron chi connectivity index (χ1n) is 8.76. The zero-order valence-corrected chi connectivity index (χ0v) is 13.9. The first-order valence-corrected chi connectivity index (χ1v) is 8.76. The molecule has 0 unspecified atom stereocenters. The van der Waals surface area contributed by atoms with Gasteiger partial charge in [-0.3, -0.25) is 14.4 Å². The van der Waals surface area contributed by atoms with Gasteiger partial charge in [-0.2, -0.15) is 0 Å².